The van der Waals surface area contributed by atoms with E-state index >= 15 is 0 Å². The lowest BCUT2D eigenvalue weighted by Gasteiger charge is -2.16. The Bertz CT molecular complexity index is 1390. The molecule has 0 saturated heterocycles. The predicted octanol–water partition coefficient (Wildman–Crippen LogP) is 3.20. The third-order valence-corrected chi connectivity index (χ3v) is 5.91. The summed E-state index contributed by atoms with van der Waals surface area (Å²) in [6.45, 7) is 1.63. The summed E-state index contributed by atoms with van der Waals surface area (Å²) >= 11 is 0. The number of aryl methyl sites for hydroxylation is 1. The van der Waals surface area contributed by atoms with E-state index in [-0.39, 0.29) is 30.3 Å². The van der Waals surface area contributed by atoms with E-state index in [4.69, 9.17) is 0 Å². The van der Waals surface area contributed by atoms with Crippen LogP contribution in [0.25, 0.3) is 0 Å². The molecule has 9 nitrogen and oxygen atoms in total. The summed E-state index contributed by atoms with van der Waals surface area (Å²) in [6.07, 6.45) is -2.36. The molecule has 2 aromatic heterocycles. The average molecular weight is 501 g/mol. The fraction of sp³-hybridized carbons (Fsp3) is 0.292. The molecule has 1 aromatic carbocycles. The Kier molecular flexibility index (Phi) is 6.53. The smallest absolute Gasteiger partial charge is 0.354 e. The molecule has 4 rings (SSSR count). The summed E-state index contributed by atoms with van der Waals surface area (Å²) in [7, 11) is 0. The van der Waals surface area contributed by atoms with Crippen molar-refractivity contribution in [3.63, 3.8) is 0 Å². The Morgan fingerprint density at radius 1 is 1.08 bits per heavy atom. The molecule has 36 heavy (non-hydrogen) atoms. The minimum Gasteiger partial charge on any atom is -0.354 e. The van der Waals surface area contributed by atoms with Crippen molar-refractivity contribution in [3.8, 4) is 0 Å². The van der Waals surface area contributed by atoms with Gasteiger partial charge in [-0.25, -0.2) is 4.79 Å². The molecule has 0 radical (unpaired) electrons. The van der Waals surface area contributed by atoms with Crippen molar-refractivity contribution in [2.75, 3.05) is 5.32 Å². The topological polar surface area (TPSA) is 137 Å². The molecule has 12 heteroatoms. The minimum atomic E-state index is -4.52. The maximum Gasteiger partial charge on any atom is 0.418 e. The number of pyridine rings is 1. The maximum atomic E-state index is 13.3. The number of halogens is 3. The highest BCUT2D eigenvalue weighted by Gasteiger charge is 2.51. The Labute approximate surface area is 202 Å². The number of rotatable bonds is 8. The fourth-order valence-electron chi connectivity index (χ4n) is 3.77. The number of hydrogen-bond acceptors (Lipinski definition) is 6. The van der Waals surface area contributed by atoms with E-state index in [1.165, 1.54) is 12.3 Å². The number of aromatic amines is 2. The molecule has 1 fully saturated rings. The Balaban J connectivity index is 1.36. The summed E-state index contributed by atoms with van der Waals surface area (Å²) in [4.78, 5) is 56.4. The lowest BCUT2D eigenvalue weighted by molar-refractivity contribution is -0.137. The number of alkyl halides is 3. The van der Waals surface area contributed by atoms with Crippen LogP contribution in [0.3, 0.4) is 0 Å². The number of carbonyl (C=O) groups is 2. The number of H-pyrrole nitrogens is 2. The zero-order valence-corrected chi connectivity index (χ0v) is 19.1. The van der Waals surface area contributed by atoms with Gasteiger partial charge in [0, 0.05) is 12.5 Å². The number of ketones is 1. The zero-order chi connectivity index (χ0) is 26.1. The molecule has 188 valence electrons. The fourth-order valence-corrected chi connectivity index (χ4v) is 3.77. The van der Waals surface area contributed by atoms with Crippen LogP contribution in [-0.4, -0.2) is 26.6 Å². The van der Waals surface area contributed by atoms with Gasteiger partial charge in [-0.2, -0.15) is 13.2 Å². The van der Waals surface area contributed by atoms with Crippen molar-refractivity contribution in [1.29, 1.82) is 0 Å². The number of Topliss-reactive ketones (excluding diaryl/α,β-unsaturated/α-hetero) is 1. The van der Waals surface area contributed by atoms with Gasteiger partial charge < -0.3 is 15.6 Å². The third-order valence-electron chi connectivity index (χ3n) is 5.91. The highest BCUT2D eigenvalue weighted by Crippen LogP contribution is 2.49. The van der Waals surface area contributed by atoms with Crippen molar-refractivity contribution in [2.45, 2.75) is 38.9 Å². The van der Waals surface area contributed by atoms with Crippen molar-refractivity contribution >= 4 is 23.1 Å². The van der Waals surface area contributed by atoms with Crippen LogP contribution >= 0.6 is 0 Å². The number of benzene rings is 1. The van der Waals surface area contributed by atoms with E-state index in [1.54, 1.807) is 25.1 Å². The number of aromatic nitrogens is 3. The predicted molar refractivity (Wildman–Crippen MR) is 124 cm³/mol. The molecule has 4 N–H and O–H groups in total. The number of carbonyl (C=O) groups excluding carboxylic acids is 2. The van der Waals surface area contributed by atoms with Gasteiger partial charge in [0.15, 0.2) is 5.78 Å². The van der Waals surface area contributed by atoms with Crippen molar-refractivity contribution in [1.82, 2.24) is 20.3 Å². The van der Waals surface area contributed by atoms with Crippen LogP contribution in [-0.2, 0) is 17.5 Å². The van der Waals surface area contributed by atoms with E-state index in [9.17, 15) is 32.3 Å². The van der Waals surface area contributed by atoms with Gasteiger partial charge in [0.1, 0.15) is 0 Å². The van der Waals surface area contributed by atoms with E-state index < -0.39 is 34.2 Å². The Morgan fingerprint density at radius 3 is 2.44 bits per heavy atom. The molecule has 1 aliphatic carbocycles. The first-order valence-corrected chi connectivity index (χ1v) is 11.0. The number of amides is 1. The summed E-state index contributed by atoms with van der Waals surface area (Å²) in [5, 5.41) is 5.44. The second kappa shape index (κ2) is 9.44. The highest BCUT2D eigenvalue weighted by atomic mass is 19.4. The van der Waals surface area contributed by atoms with Gasteiger partial charge in [0.25, 0.3) is 5.56 Å². The van der Waals surface area contributed by atoms with Crippen LogP contribution in [0.2, 0.25) is 0 Å². The minimum absolute atomic E-state index is 0.0508. The summed E-state index contributed by atoms with van der Waals surface area (Å²) in [5.41, 5.74) is -2.18. The number of anilines is 2. The first kappa shape index (κ1) is 24.9. The molecule has 0 spiro atoms. The normalized spacial score (nSPS) is 14.2. The van der Waals surface area contributed by atoms with Gasteiger partial charge in [0.2, 0.25) is 5.91 Å². The molecular weight excluding hydrogens is 479 g/mol. The summed E-state index contributed by atoms with van der Waals surface area (Å²) < 4.78 is 40.0. The lowest BCUT2D eigenvalue weighted by Crippen LogP contribution is -2.34. The van der Waals surface area contributed by atoms with Crippen LogP contribution in [0.15, 0.2) is 52.2 Å². The first-order valence-electron chi connectivity index (χ1n) is 11.0. The van der Waals surface area contributed by atoms with Crippen LogP contribution in [0, 0.1) is 12.3 Å². The second-order valence-electron chi connectivity index (χ2n) is 8.77. The van der Waals surface area contributed by atoms with Gasteiger partial charge in [-0.15, -0.1) is 0 Å². The average Bonchev–Trinajstić information content (AvgIpc) is 3.59. The third kappa shape index (κ3) is 5.70. The number of hydrogen-bond donors (Lipinski definition) is 4. The Hall–Kier alpha value is -4.22. The van der Waals surface area contributed by atoms with E-state index in [0.29, 0.717) is 29.8 Å². The maximum absolute atomic E-state index is 13.3. The summed E-state index contributed by atoms with van der Waals surface area (Å²) in [6, 6.07) is 8.08. The SMILES string of the molecule is Cc1ccc(Nc2ccc(CNC(=O)C3(CC(=O)c4cc(=O)[nH]c(=O)[nH]4)CC3)nc2)c(C(F)(F)F)c1. The zero-order valence-electron chi connectivity index (χ0n) is 19.1. The van der Waals surface area contributed by atoms with Crippen LogP contribution < -0.4 is 21.9 Å². The highest BCUT2D eigenvalue weighted by molar-refractivity contribution is 5.99. The van der Waals surface area contributed by atoms with Gasteiger partial charge >= 0.3 is 11.9 Å². The molecular formula is C24H22F3N5O4. The number of nitrogens with zero attached hydrogens (tertiary/aromatic N) is 1. The van der Waals surface area contributed by atoms with Gasteiger partial charge in [-0.05, 0) is 44.0 Å². The monoisotopic (exact) mass is 501 g/mol. The van der Waals surface area contributed by atoms with Gasteiger partial charge in [-0.3, -0.25) is 24.4 Å². The van der Waals surface area contributed by atoms with E-state index in [0.717, 1.165) is 12.1 Å². The standard InChI is InChI=1S/C24H22F3N5O4/c1-13-2-5-17(16(8-13)24(25,26)27)30-15-4-3-14(28-12-15)11-29-21(35)23(6-7-23)10-19(33)18-9-20(34)32-22(36)31-18/h2-5,8-9,12,30H,6-7,10-11H2,1H3,(H,29,35)(H2,31,32,34,36). The van der Waals surface area contributed by atoms with E-state index in [1.807, 2.05) is 4.98 Å². The molecule has 3 aromatic rings. The first-order chi connectivity index (χ1) is 16.9. The van der Waals surface area contributed by atoms with Crippen LogP contribution in [0.4, 0.5) is 24.5 Å². The lowest BCUT2D eigenvalue weighted by atomic mass is 9.96. The second-order valence-corrected chi connectivity index (χ2v) is 8.77. The number of nitrogens with one attached hydrogen (secondary N) is 4. The molecule has 2 heterocycles. The van der Waals surface area contributed by atoms with Crippen LogP contribution in [0.5, 0.6) is 0 Å². The molecule has 1 aliphatic rings. The quantitative estimate of drug-likeness (QED) is 0.350. The Morgan fingerprint density at radius 2 is 1.83 bits per heavy atom. The molecule has 1 amide bonds. The molecule has 0 atom stereocenters. The van der Waals surface area contributed by atoms with Crippen molar-refractivity contribution < 1.29 is 22.8 Å². The molecule has 1 saturated carbocycles. The van der Waals surface area contributed by atoms with Crippen molar-refractivity contribution in [3.05, 3.63) is 85.9 Å². The van der Waals surface area contributed by atoms with E-state index in [2.05, 4.69) is 20.6 Å². The molecule has 0 unspecified atom stereocenters. The van der Waals surface area contributed by atoms with Gasteiger partial charge in [0.05, 0.1) is 46.5 Å². The van der Waals surface area contributed by atoms with Crippen molar-refractivity contribution in [2.24, 2.45) is 5.41 Å². The van der Waals surface area contributed by atoms with Crippen LogP contribution in [0.1, 0.15) is 46.6 Å². The van der Waals surface area contributed by atoms with Gasteiger partial charge in [-0.1, -0.05) is 11.6 Å². The molecule has 0 aliphatic heterocycles. The largest absolute Gasteiger partial charge is 0.418 e. The summed E-state index contributed by atoms with van der Waals surface area (Å²) in [5.74, 6) is -0.879. The molecule has 0 bridgehead atoms.